The molecular formula is C14H16N2O2S. The van der Waals surface area contributed by atoms with Crippen molar-refractivity contribution in [2.75, 3.05) is 12.8 Å². The fraction of sp³-hybridized carbons (Fsp3) is 0.286. The molecule has 4 nitrogen and oxygen atoms in total. The molecule has 0 spiro atoms. The molecule has 1 aliphatic rings. The number of thioether (sulfide) groups is 1. The third-order valence-electron chi connectivity index (χ3n) is 2.84. The maximum absolute atomic E-state index is 12.0. The monoisotopic (exact) mass is 276 g/mol. The highest BCUT2D eigenvalue weighted by Gasteiger charge is 2.32. The molecule has 0 unspecified atom stereocenters. The second-order valence-electron chi connectivity index (χ2n) is 4.22. The Morgan fingerprint density at radius 1 is 1.26 bits per heavy atom. The topological polar surface area (TPSA) is 49.4 Å². The van der Waals surface area contributed by atoms with Crippen molar-refractivity contribution in [3.05, 3.63) is 35.5 Å². The average Bonchev–Trinajstić information content (AvgIpc) is 2.68. The summed E-state index contributed by atoms with van der Waals surface area (Å²) in [4.78, 5) is 26.0. The highest BCUT2D eigenvalue weighted by atomic mass is 32.2. The molecule has 3 amide bonds. The van der Waals surface area contributed by atoms with Crippen LogP contribution in [0.2, 0.25) is 0 Å². The van der Waals surface area contributed by atoms with E-state index in [1.54, 1.807) is 17.8 Å². The molecule has 0 radical (unpaired) electrons. The number of hydrogen-bond acceptors (Lipinski definition) is 3. The van der Waals surface area contributed by atoms with Crippen LogP contribution in [0.3, 0.4) is 0 Å². The third kappa shape index (κ3) is 2.98. The average molecular weight is 276 g/mol. The molecule has 100 valence electrons. The molecule has 2 rings (SSSR count). The van der Waals surface area contributed by atoms with Crippen molar-refractivity contribution < 1.29 is 9.59 Å². The first kappa shape index (κ1) is 13.7. The normalized spacial score (nSPS) is 17.2. The number of imide groups is 1. The highest BCUT2D eigenvalue weighted by Crippen LogP contribution is 2.18. The van der Waals surface area contributed by atoms with Crippen LogP contribution in [0.1, 0.15) is 18.9 Å². The molecule has 19 heavy (non-hydrogen) atoms. The Bertz CT molecular complexity index is 523. The minimum Gasteiger partial charge on any atom is -0.303 e. The van der Waals surface area contributed by atoms with E-state index in [-0.39, 0.29) is 11.9 Å². The van der Waals surface area contributed by atoms with Gasteiger partial charge in [-0.1, -0.05) is 19.1 Å². The van der Waals surface area contributed by atoms with Gasteiger partial charge >= 0.3 is 6.03 Å². The zero-order valence-corrected chi connectivity index (χ0v) is 11.8. The van der Waals surface area contributed by atoms with Gasteiger partial charge in [-0.15, -0.1) is 11.8 Å². The van der Waals surface area contributed by atoms with E-state index in [9.17, 15) is 9.59 Å². The zero-order chi connectivity index (χ0) is 13.8. The lowest BCUT2D eigenvalue weighted by molar-refractivity contribution is -0.122. The summed E-state index contributed by atoms with van der Waals surface area (Å²) >= 11 is 1.66. The quantitative estimate of drug-likeness (QED) is 0.522. The van der Waals surface area contributed by atoms with Crippen molar-refractivity contribution in [3.8, 4) is 0 Å². The Kier molecular flexibility index (Phi) is 4.27. The van der Waals surface area contributed by atoms with Crippen molar-refractivity contribution in [1.82, 2.24) is 10.2 Å². The third-order valence-corrected chi connectivity index (χ3v) is 3.58. The summed E-state index contributed by atoms with van der Waals surface area (Å²) < 4.78 is 0. The predicted molar refractivity (Wildman–Crippen MR) is 76.7 cm³/mol. The Hall–Kier alpha value is -1.75. The van der Waals surface area contributed by atoms with E-state index in [2.05, 4.69) is 5.32 Å². The maximum atomic E-state index is 12.0. The molecule has 0 aliphatic carbocycles. The summed E-state index contributed by atoms with van der Waals surface area (Å²) in [7, 11) is 0. The number of nitrogens with zero attached hydrogens (tertiary/aromatic N) is 1. The van der Waals surface area contributed by atoms with Crippen LogP contribution in [0.4, 0.5) is 4.79 Å². The van der Waals surface area contributed by atoms with Crippen molar-refractivity contribution in [1.29, 1.82) is 0 Å². The Labute approximate surface area is 116 Å². The molecule has 1 aromatic rings. The number of carbonyl (C=O) groups is 2. The van der Waals surface area contributed by atoms with E-state index >= 15 is 0 Å². The summed E-state index contributed by atoms with van der Waals surface area (Å²) in [6.07, 6.45) is 4.48. The van der Waals surface area contributed by atoms with Crippen molar-refractivity contribution in [3.63, 3.8) is 0 Å². The maximum Gasteiger partial charge on any atom is 0.329 e. The van der Waals surface area contributed by atoms with Crippen LogP contribution in [-0.2, 0) is 4.79 Å². The van der Waals surface area contributed by atoms with E-state index in [0.29, 0.717) is 12.2 Å². The Morgan fingerprint density at radius 2 is 1.95 bits per heavy atom. The lowest BCUT2D eigenvalue weighted by Gasteiger charge is -2.08. The fourth-order valence-electron chi connectivity index (χ4n) is 1.87. The number of nitrogens with one attached hydrogen (secondary N) is 1. The van der Waals surface area contributed by atoms with Crippen molar-refractivity contribution in [2.24, 2.45) is 0 Å². The predicted octanol–water partition coefficient (Wildman–Crippen LogP) is 2.71. The molecule has 0 saturated carbocycles. The summed E-state index contributed by atoms with van der Waals surface area (Å²) in [5, 5.41) is 2.61. The van der Waals surface area contributed by atoms with Crippen LogP contribution in [0.15, 0.2) is 34.9 Å². The largest absolute Gasteiger partial charge is 0.329 e. The minimum atomic E-state index is -0.334. The Balaban J connectivity index is 2.19. The molecule has 1 aromatic carbocycles. The molecule has 1 N–H and O–H groups in total. The molecule has 1 saturated heterocycles. The number of benzene rings is 1. The molecule has 1 heterocycles. The highest BCUT2D eigenvalue weighted by molar-refractivity contribution is 7.98. The van der Waals surface area contributed by atoms with Gasteiger partial charge in [-0.3, -0.25) is 9.69 Å². The van der Waals surface area contributed by atoms with Crippen LogP contribution in [0.25, 0.3) is 6.08 Å². The molecule has 0 aromatic heterocycles. The number of amides is 3. The smallest absolute Gasteiger partial charge is 0.303 e. The van der Waals surface area contributed by atoms with E-state index in [1.807, 2.05) is 37.4 Å². The second-order valence-corrected chi connectivity index (χ2v) is 5.10. The van der Waals surface area contributed by atoms with Gasteiger partial charge in [0.2, 0.25) is 0 Å². The molecule has 5 heteroatoms. The summed E-state index contributed by atoms with van der Waals surface area (Å²) in [6, 6.07) is 7.50. The number of hydrogen-bond donors (Lipinski definition) is 1. The molecule has 1 fully saturated rings. The Morgan fingerprint density at radius 3 is 2.53 bits per heavy atom. The molecule has 0 atom stereocenters. The molecular weight excluding hydrogens is 260 g/mol. The van der Waals surface area contributed by atoms with Gasteiger partial charge in [0.1, 0.15) is 5.70 Å². The number of rotatable bonds is 4. The standard InChI is InChI=1S/C14H16N2O2S/c1-3-8-16-13(17)12(15-14(16)18)9-10-4-6-11(19-2)7-5-10/h4-7,9H,3,8H2,1-2H3,(H,15,18). The number of carbonyl (C=O) groups excluding carboxylic acids is 2. The van der Waals surface area contributed by atoms with Crippen LogP contribution in [0.5, 0.6) is 0 Å². The van der Waals surface area contributed by atoms with Crippen molar-refractivity contribution in [2.45, 2.75) is 18.2 Å². The summed E-state index contributed by atoms with van der Waals surface area (Å²) in [5.41, 5.74) is 1.25. The number of urea groups is 1. The zero-order valence-electron chi connectivity index (χ0n) is 11.0. The van der Waals surface area contributed by atoms with Gasteiger partial charge in [-0.25, -0.2) is 4.79 Å². The van der Waals surface area contributed by atoms with Gasteiger partial charge in [-0.2, -0.15) is 0 Å². The summed E-state index contributed by atoms with van der Waals surface area (Å²) in [6.45, 7) is 2.39. The van der Waals surface area contributed by atoms with E-state index in [0.717, 1.165) is 16.9 Å². The first-order chi connectivity index (χ1) is 9.15. The van der Waals surface area contributed by atoms with E-state index in [1.165, 1.54) is 4.90 Å². The molecule has 1 aliphatic heterocycles. The minimum absolute atomic E-state index is 0.249. The van der Waals surface area contributed by atoms with E-state index < -0.39 is 0 Å². The van der Waals surface area contributed by atoms with Gasteiger partial charge in [0, 0.05) is 11.4 Å². The SMILES string of the molecule is CCCN1C(=O)NC(=Cc2ccc(SC)cc2)C1=O. The van der Waals surface area contributed by atoms with Gasteiger partial charge in [0.15, 0.2) is 0 Å². The first-order valence-electron chi connectivity index (χ1n) is 6.14. The van der Waals surface area contributed by atoms with Gasteiger partial charge in [0.05, 0.1) is 0 Å². The van der Waals surface area contributed by atoms with Gasteiger partial charge < -0.3 is 5.32 Å². The lowest BCUT2D eigenvalue weighted by Crippen LogP contribution is -2.31. The first-order valence-corrected chi connectivity index (χ1v) is 7.36. The van der Waals surface area contributed by atoms with Crippen molar-refractivity contribution >= 4 is 29.8 Å². The van der Waals surface area contributed by atoms with Crippen LogP contribution in [0, 0.1) is 0 Å². The van der Waals surface area contributed by atoms with Crippen LogP contribution in [-0.4, -0.2) is 29.6 Å². The fourth-order valence-corrected chi connectivity index (χ4v) is 2.27. The van der Waals surface area contributed by atoms with Crippen LogP contribution < -0.4 is 5.32 Å². The summed E-state index contributed by atoms with van der Waals surface area (Å²) in [5.74, 6) is -0.249. The second kappa shape index (κ2) is 5.93. The van der Waals surface area contributed by atoms with Gasteiger partial charge in [-0.05, 0) is 36.4 Å². The van der Waals surface area contributed by atoms with Gasteiger partial charge in [0.25, 0.3) is 5.91 Å². The van der Waals surface area contributed by atoms with E-state index in [4.69, 9.17) is 0 Å². The molecule has 0 bridgehead atoms. The van der Waals surface area contributed by atoms with Crippen LogP contribution >= 0.6 is 11.8 Å². The lowest BCUT2D eigenvalue weighted by atomic mass is 10.2.